The van der Waals surface area contributed by atoms with Gasteiger partial charge in [0.15, 0.2) is 0 Å². The number of alkyl halides is 3. The molecule has 2 aromatic carbocycles. The maximum atomic E-state index is 12.9. The molecule has 0 aliphatic rings. The van der Waals surface area contributed by atoms with Crippen molar-refractivity contribution in [2.75, 3.05) is 31.7 Å². The van der Waals surface area contributed by atoms with E-state index in [1.54, 1.807) is 12.1 Å². The predicted molar refractivity (Wildman–Crippen MR) is 115 cm³/mol. The highest BCUT2D eigenvalue weighted by Crippen LogP contribution is 2.32. The van der Waals surface area contributed by atoms with Crippen molar-refractivity contribution in [3.63, 3.8) is 0 Å². The van der Waals surface area contributed by atoms with Crippen LogP contribution in [0.3, 0.4) is 0 Å². The van der Waals surface area contributed by atoms with E-state index in [0.717, 1.165) is 12.1 Å². The number of nitrogens with one attached hydrogen (secondary N) is 1. The number of ether oxygens (including phenoxy) is 3. The molecule has 0 heterocycles. The number of carbonyl (C=O) groups excluding carboxylic acids is 3. The fourth-order valence-corrected chi connectivity index (χ4v) is 2.68. The van der Waals surface area contributed by atoms with Gasteiger partial charge in [0.2, 0.25) is 5.78 Å². The Hall–Kier alpha value is -3.93. The van der Waals surface area contributed by atoms with Crippen LogP contribution in [0.5, 0.6) is 0 Å². The first-order valence-electron chi connectivity index (χ1n) is 10.3. The fraction of sp³-hybridized carbons (Fsp3) is 0.304. The summed E-state index contributed by atoms with van der Waals surface area (Å²) in [6.45, 7) is -0.330. The highest BCUT2D eigenvalue weighted by atomic mass is 19.4. The second-order valence-corrected chi connectivity index (χ2v) is 6.95. The molecule has 12 heteroatoms. The van der Waals surface area contributed by atoms with E-state index < -0.39 is 41.9 Å². The van der Waals surface area contributed by atoms with E-state index in [1.807, 2.05) is 0 Å². The van der Waals surface area contributed by atoms with Crippen LogP contribution < -0.4 is 5.32 Å². The summed E-state index contributed by atoms with van der Waals surface area (Å²) in [7, 11) is 0. The van der Waals surface area contributed by atoms with Gasteiger partial charge in [-0.3, -0.25) is 9.59 Å². The van der Waals surface area contributed by atoms with E-state index in [0.29, 0.717) is 0 Å². The number of para-hydroxylation sites is 1. The molecular weight excluding hydrogens is 475 g/mol. The highest BCUT2D eigenvalue weighted by Gasteiger charge is 2.30. The van der Waals surface area contributed by atoms with E-state index in [1.165, 1.54) is 24.3 Å². The number of hydrogen-bond donors (Lipinski definition) is 2. The van der Waals surface area contributed by atoms with Crippen LogP contribution in [0.2, 0.25) is 0 Å². The Labute approximate surface area is 197 Å². The maximum Gasteiger partial charge on any atom is 0.416 e. The normalized spacial score (nSPS) is 10.9. The Morgan fingerprint density at radius 1 is 0.857 bits per heavy atom. The van der Waals surface area contributed by atoms with Gasteiger partial charge in [0.25, 0.3) is 0 Å². The molecule has 0 saturated carbocycles. The van der Waals surface area contributed by atoms with Crippen LogP contribution in [0.15, 0.2) is 48.5 Å². The molecule has 0 radical (unpaired) electrons. The standard InChI is InChI=1S/C23H22F3NO8/c24-23(25,26)15-4-3-5-16(14-15)27-18-7-2-1-6-17(18)22(32)35-13-11-33-10-12-34-20(29)9-8-19(28)21(30)31/h1-7,14,27H,8-13H2,(H,30,31). The number of carboxylic acids is 1. The molecule has 0 aliphatic heterocycles. The molecule has 2 N–H and O–H groups in total. The first kappa shape index (κ1) is 27.3. The van der Waals surface area contributed by atoms with Crippen molar-refractivity contribution in [1.29, 1.82) is 0 Å². The van der Waals surface area contributed by atoms with E-state index in [-0.39, 0.29) is 49.8 Å². The molecular formula is C23H22F3NO8. The van der Waals surface area contributed by atoms with Gasteiger partial charge >= 0.3 is 24.1 Å². The lowest BCUT2D eigenvalue weighted by Crippen LogP contribution is -2.17. The lowest BCUT2D eigenvalue weighted by molar-refractivity contribution is -0.151. The summed E-state index contributed by atoms with van der Waals surface area (Å²) in [5.74, 6) is -4.19. The molecule has 0 fully saturated rings. The Morgan fingerprint density at radius 2 is 1.54 bits per heavy atom. The number of aliphatic carboxylic acids is 1. The average Bonchev–Trinajstić information content (AvgIpc) is 2.81. The minimum Gasteiger partial charge on any atom is -0.476 e. The summed E-state index contributed by atoms with van der Waals surface area (Å²) in [4.78, 5) is 45.0. The largest absolute Gasteiger partial charge is 0.476 e. The molecule has 2 aromatic rings. The second kappa shape index (κ2) is 13.1. The third-order valence-corrected chi connectivity index (χ3v) is 4.36. The predicted octanol–water partition coefficient (Wildman–Crippen LogP) is 3.60. The maximum absolute atomic E-state index is 12.9. The molecule has 0 saturated heterocycles. The Morgan fingerprint density at radius 3 is 2.23 bits per heavy atom. The van der Waals surface area contributed by atoms with Crippen LogP contribution >= 0.6 is 0 Å². The van der Waals surface area contributed by atoms with Crippen molar-refractivity contribution in [3.05, 3.63) is 59.7 Å². The number of carboxylic acid groups (broad SMARTS) is 1. The summed E-state index contributed by atoms with van der Waals surface area (Å²) >= 11 is 0. The quantitative estimate of drug-likeness (QED) is 0.242. The van der Waals surface area contributed by atoms with Gasteiger partial charge < -0.3 is 24.6 Å². The molecule has 0 bridgehead atoms. The number of carbonyl (C=O) groups is 4. The van der Waals surface area contributed by atoms with Gasteiger partial charge in [0.1, 0.15) is 13.2 Å². The van der Waals surface area contributed by atoms with Crippen LogP contribution in [-0.2, 0) is 34.8 Å². The number of rotatable bonds is 13. The number of esters is 2. The van der Waals surface area contributed by atoms with Crippen molar-refractivity contribution in [2.45, 2.75) is 19.0 Å². The minimum atomic E-state index is -4.51. The molecule has 0 unspecified atom stereocenters. The number of anilines is 2. The van der Waals surface area contributed by atoms with Crippen molar-refractivity contribution < 1.29 is 51.7 Å². The summed E-state index contributed by atoms with van der Waals surface area (Å²) in [6.07, 6.45) is -5.33. The summed E-state index contributed by atoms with van der Waals surface area (Å²) < 4.78 is 53.8. The molecule has 35 heavy (non-hydrogen) atoms. The van der Waals surface area contributed by atoms with Gasteiger partial charge in [-0.2, -0.15) is 13.2 Å². The zero-order valence-corrected chi connectivity index (χ0v) is 18.3. The topological polar surface area (TPSA) is 128 Å². The van der Waals surface area contributed by atoms with Crippen molar-refractivity contribution in [3.8, 4) is 0 Å². The van der Waals surface area contributed by atoms with Gasteiger partial charge in [-0.15, -0.1) is 0 Å². The van der Waals surface area contributed by atoms with Crippen LogP contribution in [0, 0.1) is 0 Å². The fourth-order valence-electron chi connectivity index (χ4n) is 2.68. The van der Waals surface area contributed by atoms with Gasteiger partial charge in [0.05, 0.1) is 36.4 Å². The van der Waals surface area contributed by atoms with Crippen LogP contribution in [0.4, 0.5) is 24.5 Å². The zero-order valence-electron chi connectivity index (χ0n) is 18.3. The summed E-state index contributed by atoms with van der Waals surface area (Å²) in [5, 5.41) is 11.2. The number of benzene rings is 2. The van der Waals surface area contributed by atoms with E-state index in [4.69, 9.17) is 19.3 Å². The van der Waals surface area contributed by atoms with Gasteiger partial charge in [0, 0.05) is 12.1 Å². The number of Topliss-reactive ketones (excluding diaryl/α,β-unsaturated/α-hetero) is 1. The molecule has 188 valence electrons. The monoisotopic (exact) mass is 497 g/mol. The van der Waals surface area contributed by atoms with E-state index >= 15 is 0 Å². The molecule has 0 aliphatic carbocycles. The zero-order chi connectivity index (χ0) is 25.8. The Balaban J connectivity index is 1.75. The minimum absolute atomic E-state index is 0.0238. The SMILES string of the molecule is O=C(CCC(=O)C(=O)O)OCCOCCOC(=O)c1ccccc1Nc1cccc(C(F)(F)F)c1. The number of halogens is 3. The molecule has 0 aromatic heterocycles. The summed E-state index contributed by atoms with van der Waals surface area (Å²) in [6, 6.07) is 10.7. The third-order valence-electron chi connectivity index (χ3n) is 4.36. The first-order chi connectivity index (χ1) is 16.6. The van der Waals surface area contributed by atoms with Crippen LogP contribution in [0.25, 0.3) is 0 Å². The molecule has 2 rings (SSSR count). The van der Waals surface area contributed by atoms with Crippen molar-refractivity contribution >= 4 is 35.1 Å². The smallest absolute Gasteiger partial charge is 0.416 e. The van der Waals surface area contributed by atoms with Gasteiger partial charge in [-0.1, -0.05) is 18.2 Å². The molecule has 0 atom stereocenters. The Bertz CT molecular complexity index is 1060. The molecule has 0 amide bonds. The third kappa shape index (κ3) is 9.45. The average molecular weight is 497 g/mol. The lowest BCUT2D eigenvalue weighted by atomic mass is 10.1. The van der Waals surface area contributed by atoms with E-state index in [9.17, 15) is 32.3 Å². The molecule has 0 spiro atoms. The number of hydrogen-bond acceptors (Lipinski definition) is 8. The second-order valence-electron chi connectivity index (χ2n) is 6.95. The highest BCUT2D eigenvalue weighted by molar-refractivity contribution is 6.32. The summed E-state index contributed by atoms with van der Waals surface area (Å²) in [5.41, 5.74) is -0.329. The number of ketones is 1. The molecule has 9 nitrogen and oxygen atoms in total. The lowest BCUT2D eigenvalue weighted by Gasteiger charge is -2.13. The van der Waals surface area contributed by atoms with Crippen LogP contribution in [-0.4, -0.2) is 55.2 Å². The van der Waals surface area contributed by atoms with Crippen LogP contribution in [0.1, 0.15) is 28.8 Å². The van der Waals surface area contributed by atoms with Crippen molar-refractivity contribution in [1.82, 2.24) is 0 Å². The Kier molecular flexibility index (Phi) is 10.2. The van der Waals surface area contributed by atoms with Gasteiger partial charge in [-0.25, -0.2) is 9.59 Å². The first-order valence-corrected chi connectivity index (χ1v) is 10.3. The van der Waals surface area contributed by atoms with Crippen molar-refractivity contribution in [2.24, 2.45) is 0 Å². The van der Waals surface area contributed by atoms with E-state index in [2.05, 4.69) is 5.32 Å². The van der Waals surface area contributed by atoms with Gasteiger partial charge in [-0.05, 0) is 30.3 Å².